The zero-order valence-electron chi connectivity index (χ0n) is 26.9. The van der Waals surface area contributed by atoms with Gasteiger partial charge in [-0.05, 0) is 74.4 Å². The Labute approximate surface area is 285 Å². The maximum Gasteiger partial charge on any atom is 0.149 e. The Kier molecular flexibility index (Phi) is 6.91. The van der Waals surface area contributed by atoms with Crippen LogP contribution in [-0.2, 0) is 12.0 Å². The molecule has 49 heavy (non-hydrogen) atoms. The zero-order valence-corrected chi connectivity index (χ0v) is 26.9. The van der Waals surface area contributed by atoms with Gasteiger partial charge in [-0.15, -0.1) is 0 Å². The van der Waals surface area contributed by atoms with Crippen LogP contribution in [0.1, 0.15) is 33.5 Å². The number of fused-ring (bicyclic) bond motifs is 8. The number of nitrogens with one attached hydrogen (secondary N) is 2. The van der Waals surface area contributed by atoms with E-state index in [2.05, 4.69) is 95.2 Å². The molecule has 3 heterocycles. The second kappa shape index (κ2) is 11.7. The lowest BCUT2D eigenvalue weighted by molar-refractivity contribution is 0.388. The van der Waals surface area contributed by atoms with E-state index < -0.39 is 5.41 Å². The largest absolute Gasteiger partial charge is 0.455 e. The van der Waals surface area contributed by atoms with Crippen molar-refractivity contribution >= 4 is 11.4 Å². The Morgan fingerprint density at radius 2 is 1.47 bits per heavy atom. The molecule has 1 spiro atoms. The number of nitrogens with two attached hydrogens (primary N) is 1. The topological polar surface area (TPSA) is 75.4 Å². The Bertz CT molecular complexity index is 2330. The van der Waals surface area contributed by atoms with Gasteiger partial charge in [-0.25, -0.2) is 0 Å². The highest BCUT2D eigenvalue weighted by atomic mass is 16.5. The van der Waals surface area contributed by atoms with E-state index in [0.717, 1.165) is 45.2 Å². The van der Waals surface area contributed by atoms with E-state index in [-0.39, 0.29) is 0 Å². The monoisotopic (exact) mass is 634 g/mol. The fraction of sp³-hybridized carbons (Fsp3) is 0.0682. The van der Waals surface area contributed by atoms with Crippen molar-refractivity contribution in [2.75, 3.05) is 6.54 Å². The SMILES string of the molecule is N/C(=C\C(=NCc1ccc(-c2ccc3c(c2)C2(C4=C(C=CNC4)Oc4cc[nH]c42)c2ccccc2-3)cc1)c1ccccc1)c1ccccc1. The fourth-order valence-electron chi connectivity index (χ4n) is 7.62. The molecule has 236 valence electrons. The number of benzene rings is 5. The summed E-state index contributed by atoms with van der Waals surface area (Å²) in [4.78, 5) is 8.63. The second-order valence-corrected chi connectivity index (χ2v) is 12.7. The summed E-state index contributed by atoms with van der Waals surface area (Å²) in [5.74, 6) is 1.79. The van der Waals surface area contributed by atoms with Crippen LogP contribution in [0, 0.1) is 0 Å². The average Bonchev–Trinajstić information content (AvgIpc) is 3.76. The predicted octanol–water partition coefficient (Wildman–Crippen LogP) is 8.75. The lowest BCUT2D eigenvalue weighted by atomic mass is 9.67. The van der Waals surface area contributed by atoms with Crippen molar-refractivity contribution in [2.24, 2.45) is 10.7 Å². The van der Waals surface area contributed by atoms with Gasteiger partial charge in [0.05, 0.1) is 23.4 Å². The standard InChI is InChI=1S/C44H34N4O/c45-39(31-9-3-1-4-10-31)26-40(32-11-5-2-6-12-32)48-27-29-15-17-30(18-16-29)33-19-20-35-34-13-7-8-14-36(34)44(37(35)25-33)38-28-46-23-21-41(38)49-42-22-24-47-43(42)44/h1-26,46-47H,27-28,45H2/b39-26-,48-40?. The number of ether oxygens (including phenoxy) is 1. The first kappa shape index (κ1) is 28.9. The number of aliphatic imine (C=N–C) groups is 1. The van der Waals surface area contributed by atoms with Crippen molar-refractivity contribution in [2.45, 2.75) is 12.0 Å². The highest BCUT2D eigenvalue weighted by molar-refractivity contribution is 6.12. The molecule has 6 aromatic rings. The summed E-state index contributed by atoms with van der Waals surface area (Å²) < 4.78 is 6.43. The molecule has 1 aliphatic carbocycles. The lowest BCUT2D eigenvalue weighted by Gasteiger charge is -2.40. The van der Waals surface area contributed by atoms with Crippen molar-refractivity contribution in [1.82, 2.24) is 10.3 Å². The van der Waals surface area contributed by atoms with Crippen LogP contribution >= 0.6 is 0 Å². The fourth-order valence-corrected chi connectivity index (χ4v) is 7.62. The van der Waals surface area contributed by atoms with E-state index in [1.165, 1.54) is 33.4 Å². The molecule has 5 heteroatoms. The molecule has 5 nitrogen and oxygen atoms in total. The molecule has 0 saturated heterocycles. The van der Waals surface area contributed by atoms with Crippen molar-refractivity contribution in [3.8, 4) is 28.0 Å². The molecule has 2 aliphatic heterocycles. The molecule has 1 atom stereocenters. The van der Waals surface area contributed by atoms with Crippen molar-refractivity contribution in [3.63, 3.8) is 0 Å². The molecule has 0 saturated carbocycles. The molecule has 3 aliphatic rings. The van der Waals surface area contributed by atoms with Gasteiger partial charge in [-0.3, -0.25) is 4.99 Å². The van der Waals surface area contributed by atoms with Crippen LogP contribution in [0.3, 0.4) is 0 Å². The maximum absolute atomic E-state index is 6.52. The molecule has 5 aromatic carbocycles. The number of rotatable bonds is 6. The third kappa shape index (κ3) is 4.74. The third-order valence-electron chi connectivity index (χ3n) is 9.92. The quantitative estimate of drug-likeness (QED) is 0.160. The number of hydrogen-bond acceptors (Lipinski definition) is 4. The molecule has 0 fully saturated rings. The van der Waals surface area contributed by atoms with Crippen LogP contribution in [0.2, 0.25) is 0 Å². The summed E-state index contributed by atoms with van der Waals surface area (Å²) in [5.41, 5.74) is 20.4. The van der Waals surface area contributed by atoms with E-state index in [4.69, 9.17) is 15.5 Å². The van der Waals surface area contributed by atoms with Crippen LogP contribution in [0.5, 0.6) is 5.75 Å². The first-order valence-electron chi connectivity index (χ1n) is 16.7. The highest BCUT2D eigenvalue weighted by Gasteiger charge is 2.53. The van der Waals surface area contributed by atoms with Crippen molar-refractivity contribution in [3.05, 3.63) is 203 Å². The van der Waals surface area contributed by atoms with Gasteiger partial charge in [-0.2, -0.15) is 0 Å². The van der Waals surface area contributed by atoms with Gasteiger partial charge in [-0.1, -0.05) is 121 Å². The number of nitrogens with zero attached hydrogens (tertiary/aromatic N) is 1. The molecule has 4 N–H and O–H groups in total. The maximum atomic E-state index is 6.52. The predicted molar refractivity (Wildman–Crippen MR) is 198 cm³/mol. The Morgan fingerprint density at radius 3 is 2.29 bits per heavy atom. The highest BCUT2D eigenvalue weighted by Crippen LogP contribution is 2.60. The smallest absolute Gasteiger partial charge is 0.149 e. The van der Waals surface area contributed by atoms with Gasteiger partial charge in [0.2, 0.25) is 0 Å². The number of aromatic amines is 1. The van der Waals surface area contributed by atoms with Crippen LogP contribution in [0.25, 0.3) is 28.0 Å². The van der Waals surface area contributed by atoms with Crippen LogP contribution in [0.4, 0.5) is 0 Å². The summed E-state index contributed by atoms with van der Waals surface area (Å²) in [5, 5.41) is 3.47. The zero-order chi connectivity index (χ0) is 32.8. The Morgan fingerprint density at radius 1 is 0.755 bits per heavy atom. The minimum atomic E-state index is -0.482. The Balaban J connectivity index is 1.08. The van der Waals surface area contributed by atoms with E-state index in [9.17, 15) is 0 Å². The molecule has 1 aromatic heterocycles. The first-order chi connectivity index (χ1) is 24.2. The first-order valence-corrected chi connectivity index (χ1v) is 16.7. The average molecular weight is 635 g/mol. The van der Waals surface area contributed by atoms with Crippen LogP contribution in [0.15, 0.2) is 174 Å². The summed E-state index contributed by atoms with van der Waals surface area (Å²) in [7, 11) is 0. The molecule has 1 unspecified atom stereocenters. The number of H-pyrrole nitrogens is 1. The number of allylic oxidation sites excluding steroid dienone is 2. The summed E-state index contributed by atoms with van der Waals surface area (Å²) in [6.07, 6.45) is 7.99. The molecule has 0 amide bonds. The van der Waals surface area contributed by atoms with Gasteiger partial charge in [0, 0.05) is 30.2 Å². The van der Waals surface area contributed by atoms with Crippen molar-refractivity contribution in [1.29, 1.82) is 0 Å². The van der Waals surface area contributed by atoms with Gasteiger partial charge in [0.1, 0.15) is 11.5 Å². The molecular formula is C44H34N4O. The second-order valence-electron chi connectivity index (χ2n) is 12.7. The Hall–Kier alpha value is -6.33. The minimum Gasteiger partial charge on any atom is -0.455 e. The van der Waals surface area contributed by atoms with Gasteiger partial charge < -0.3 is 20.8 Å². The van der Waals surface area contributed by atoms with Gasteiger partial charge in [0.15, 0.2) is 0 Å². The minimum absolute atomic E-state index is 0.482. The van der Waals surface area contributed by atoms with Gasteiger partial charge >= 0.3 is 0 Å². The normalized spacial score (nSPS) is 17.6. The molecule has 0 radical (unpaired) electrons. The number of hydrogen-bond donors (Lipinski definition) is 3. The molecule has 0 bridgehead atoms. The lowest BCUT2D eigenvalue weighted by Crippen LogP contribution is -2.39. The molecular weight excluding hydrogens is 601 g/mol. The summed E-state index contributed by atoms with van der Waals surface area (Å²) in [6.45, 7) is 1.24. The van der Waals surface area contributed by atoms with Gasteiger partial charge in [0.25, 0.3) is 0 Å². The summed E-state index contributed by atoms with van der Waals surface area (Å²) in [6, 6.07) is 46.8. The number of aromatic nitrogens is 1. The van der Waals surface area contributed by atoms with Crippen molar-refractivity contribution < 1.29 is 4.74 Å². The molecule has 9 rings (SSSR count). The van der Waals surface area contributed by atoms with E-state index in [0.29, 0.717) is 18.8 Å². The number of dihydropyridines is 1. The van der Waals surface area contributed by atoms with E-state index in [1.807, 2.05) is 73.1 Å². The van der Waals surface area contributed by atoms with E-state index >= 15 is 0 Å². The third-order valence-corrected chi connectivity index (χ3v) is 9.92. The summed E-state index contributed by atoms with van der Waals surface area (Å²) >= 11 is 0. The van der Waals surface area contributed by atoms with Crippen LogP contribution in [-0.4, -0.2) is 17.2 Å². The van der Waals surface area contributed by atoms with Crippen LogP contribution < -0.4 is 15.8 Å². The van der Waals surface area contributed by atoms with E-state index in [1.54, 1.807) is 0 Å².